The molecule has 3 heterocycles. The molecule has 1 N–H and O–H groups in total. The van der Waals surface area contributed by atoms with Gasteiger partial charge in [0.05, 0.1) is 12.6 Å². The molecule has 3 aromatic rings. The lowest BCUT2D eigenvalue weighted by Crippen LogP contribution is -2.40. The highest BCUT2D eigenvalue weighted by Crippen LogP contribution is 2.39. The summed E-state index contributed by atoms with van der Waals surface area (Å²) < 4.78 is 0. The third kappa shape index (κ3) is 3.47. The van der Waals surface area contributed by atoms with Gasteiger partial charge in [0.2, 0.25) is 5.91 Å². The van der Waals surface area contributed by atoms with Gasteiger partial charge >= 0.3 is 0 Å². The number of carbonyl (C=O) groups is 1. The first kappa shape index (κ1) is 17.5. The van der Waals surface area contributed by atoms with Gasteiger partial charge in [-0.15, -0.1) is 22.7 Å². The molecule has 134 valence electrons. The van der Waals surface area contributed by atoms with Crippen LogP contribution in [0.1, 0.15) is 32.5 Å². The second-order valence-corrected chi connectivity index (χ2v) is 8.78. The molecule has 0 saturated heterocycles. The van der Waals surface area contributed by atoms with Crippen molar-refractivity contribution >= 4 is 34.3 Å². The number of hydrogen-bond donors (Lipinski definition) is 1. The molecule has 0 bridgehead atoms. The molecule has 1 aliphatic rings. The summed E-state index contributed by atoms with van der Waals surface area (Å²) in [6.45, 7) is 5.40. The van der Waals surface area contributed by atoms with Crippen LogP contribution in [-0.2, 0) is 11.2 Å². The Kier molecular flexibility index (Phi) is 4.94. The molecule has 0 aliphatic carbocycles. The number of nitrogens with one attached hydrogen (secondary N) is 1. The first-order valence-electron chi connectivity index (χ1n) is 8.82. The summed E-state index contributed by atoms with van der Waals surface area (Å²) in [5, 5.41) is 7.39. The minimum Gasteiger partial charge on any atom is -0.325 e. The molecular weight excluding hydrogens is 360 g/mol. The fourth-order valence-corrected chi connectivity index (χ4v) is 5.34. The van der Waals surface area contributed by atoms with E-state index in [-0.39, 0.29) is 11.9 Å². The van der Waals surface area contributed by atoms with E-state index in [2.05, 4.69) is 51.3 Å². The number of carbonyl (C=O) groups excluding carboxylic acids is 1. The van der Waals surface area contributed by atoms with E-state index in [1.807, 2.05) is 31.3 Å². The van der Waals surface area contributed by atoms with Crippen molar-refractivity contribution in [2.75, 3.05) is 18.4 Å². The Morgan fingerprint density at radius 1 is 1.19 bits per heavy atom. The molecule has 0 saturated carbocycles. The standard InChI is InChI=1S/C21H22N2OS2/c1-14-5-6-15(2)17(12-14)22-20(24)13-23-9-7-18-16(8-11-26-18)21(23)19-4-3-10-25-19/h3-6,8,10-12,21H,7,9,13H2,1-2H3,(H,22,24). The normalized spacial score (nSPS) is 17.1. The molecule has 1 amide bonds. The van der Waals surface area contributed by atoms with Gasteiger partial charge in [0.1, 0.15) is 0 Å². The van der Waals surface area contributed by atoms with Crippen LogP contribution in [0.3, 0.4) is 0 Å². The summed E-state index contributed by atoms with van der Waals surface area (Å²) in [7, 11) is 0. The van der Waals surface area contributed by atoms with Gasteiger partial charge in [0.25, 0.3) is 0 Å². The second-order valence-electron chi connectivity index (χ2n) is 6.80. The number of hydrogen-bond acceptors (Lipinski definition) is 4. The zero-order valence-corrected chi connectivity index (χ0v) is 16.6. The maximum Gasteiger partial charge on any atom is 0.238 e. The van der Waals surface area contributed by atoms with Crippen molar-refractivity contribution in [1.82, 2.24) is 4.90 Å². The third-order valence-electron chi connectivity index (χ3n) is 4.89. The zero-order chi connectivity index (χ0) is 18.1. The highest BCUT2D eigenvalue weighted by molar-refractivity contribution is 7.10. The van der Waals surface area contributed by atoms with E-state index < -0.39 is 0 Å². The maximum absolute atomic E-state index is 12.8. The lowest BCUT2D eigenvalue weighted by Gasteiger charge is -2.34. The van der Waals surface area contributed by atoms with E-state index in [1.54, 1.807) is 11.3 Å². The average Bonchev–Trinajstić information content (AvgIpc) is 3.29. The SMILES string of the molecule is Cc1ccc(C)c(NC(=O)CN2CCc3sccc3C2c2cccs2)c1. The van der Waals surface area contributed by atoms with Crippen LogP contribution in [0.5, 0.6) is 0 Å². The number of benzene rings is 1. The highest BCUT2D eigenvalue weighted by Gasteiger charge is 2.31. The Bertz CT molecular complexity index is 914. The van der Waals surface area contributed by atoms with Crippen LogP contribution in [0.4, 0.5) is 5.69 Å². The molecule has 1 atom stereocenters. The minimum absolute atomic E-state index is 0.0546. The molecule has 3 nitrogen and oxygen atoms in total. The number of rotatable bonds is 4. The predicted molar refractivity (Wildman–Crippen MR) is 110 cm³/mol. The van der Waals surface area contributed by atoms with Crippen molar-refractivity contribution in [3.63, 3.8) is 0 Å². The predicted octanol–water partition coefficient (Wildman–Crippen LogP) is 5.01. The molecule has 0 radical (unpaired) electrons. The summed E-state index contributed by atoms with van der Waals surface area (Å²) in [6.07, 6.45) is 1.02. The monoisotopic (exact) mass is 382 g/mol. The van der Waals surface area contributed by atoms with E-state index >= 15 is 0 Å². The molecular formula is C21H22N2OS2. The number of nitrogens with zero attached hydrogens (tertiary/aromatic N) is 1. The maximum atomic E-state index is 12.8. The summed E-state index contributed by atoms with van der Waals surface area (Å²) >= 11 is 3.60. The highest BCUT2D eigenvalue weighted by atomic mass is 32.1. The Morgan fingerprint density at radius 3 is 2.88 bits per heavy atom. The lowest BCUT2D eigenvalue weighted by atomic mass is 9.98. The van der Waals surface area contributed by atoms with Crippen LogP contribution in [-0.4, -0.2) is 23.9 Å². The van der Waals surface area contributed by atoms with Gasteiger partial charge in [-0.2, -0.15) is 0 Å². The van der Waals surface area contributed by atoms with E-state index in [0.717, 1.165) is 29.8 Å². The first-order valence-corrected chi connectivity index (χ1v) is 10.6. The van der Waals surface area contributed by atoms with Gasteiger partial charge < -0.3 is 5.32 Å². The average molecular weight is 383 g/mol. The first-order chi connectivity index (χ1) is 12.6. The number of fused-ring (bicyclic) bond motifs is 1. The molecule has 0 fully saturated rings. The fourth-order valence-electron chi connectivity index (χ4n) is 3.56. The van der Waals surface area contributed by atoms with Crippen molar-refractivity contribution in [3.8, 4) is 0 Å². The fraction of sp³-hybridized carbons (Fsp3) is 0.286. The van der Waals surface area contributed by atoms with Crippen LogP contribution in [0.15, 0.2) is 47.2 Å². The Hall–Kier alpha value is -1.95. The van der Waals surface area contributed by atoms with Crippen molar-refractivity contribution in [2.45, 2.75) is 26.3 Å². The molecule has 1 aromatic carbocycles. The van der Waals surface area contributed by atoms with E-state index in [4.69, 9.17) is 0 Å². The molecule has 0 spiro atoms. The molecule has 1 aliphatic heterocycles. The van der Waals surface area contributed by atoms with Crippen LogP contribution >= 0.6 is 22.7 Å². The number of thiophene rings is 2. The van der Waals surface area contributed by atoms with E-state index in [9.17, 15) is 4.79 Å². The molecule has 4 rings (SSSR count). The van der Waals surface area contributed by atoms with Gasteiger partial charge in [0.15, 0.2) is 0 Å². The smallest absolute Gasteiger partial charge is 0.238 e. The van der Waals surface area contributed by atoms with Crippen LogP contribution in [0.2, 0.25) is 0 Å². The van der Waals surface area contributed by atoms with Crippen molar-refractivity contribution in [2.24, 2.45) is 0 Å². The zero-order valence-electron chi connectivity index (χ0n) is 15.0. The number of aryl methyl sites for hydroxylation is 2. The van der Waals surface area contributed by atoms with E-state index in [0.29, 0.717) is 6.54 Å². The van der Waals surface area contributed by atoms with Crippen LogP contribution < -0.4 is 5.32 Å². The van der Waals surface area contributed by atoms with Gasteiger partial charge in [-0.1, -0.05) is 18.2 Å². The minimum atomic E-state index is 0.0546. The Morgan fingerprint density at radius 2 is 2.08 bits per heavy atom. The van der Waals surface area contributed by atoms with Gasteiger partial charge in [-0.25, -0.2) is 0 Å². The largest absolute Gasteiger partial charge is 0.325 e. The van der Waals surface area contributed by atoms with Gasteiger partial charge in [0, 0.05) is 22.0 Å². The topological polar surface area (TPSA) is 32.3 Å². The molecule has 26 heavy (non-hydrogen) atoms. The Labute approximate surface area is 162 Å². The molecule has 2 aromatic heterocycles. The van der Waals surface area contributed by atoms with Crippen molar-refractivity contribution in [1.29, 1.82) is 0 Å². The van der Waals surface area contributed by atoms with Gasteiger partial charge in [-0.05, 0) is 65.9 Å². The van der Waals surface area contributed by atoms with Crippen LogP contribution in [0, 0.1) is 13.8 Å². The summed E-state index contributed by atoms with van der Waals surface area (Å²) in [5.41, 5.74) is 4.53. The number of anilines is 1. The second kappa shape index (κ2) is 7.35. The molecule has 1 unspecified atom stereocenters. The lowest BCUT2D eigenvalue weighted by molar-refractivity contribution is -0.117. The molecule has 5 heteroatoms. The van der Waals surface area contributed by atoms with E-state index in [1.165, 1.54) is 15.3 Å². The van der Waals surface area contributed by atoms with Crippen molar-refractivity contribution < 1.29 is 4.79 Å². The quantitative estimate of drug-likeness (QED) is 0.688. The van der Waals surface area contributed by atoms with Gasteiger partial charge in [-0.3, -0.25) is 9.69 Å². The van der Waals surface area contributed by atoms with Crippen molar-refractivity contribution in [3.05, 3.63) is 73.6 Å². The van der Waals surface area contributed by atoms with Crippen LogP contribution in [0.25, 0.3) is 0 Å². The summed E-state index contributed by atoms with van der Waals surface area (Å²) in [4.78, 5) is 17.8. The number of amides is 1. The Balaban J connectivity index is 1.55. The third-order valence-corrected chi connectivity index (χ3v) is 6.81. The summed E-state index contributed by atoms with van der Waals surface area (Å²) in [5.74, 6) is 0.0546. The summed E-state index contributed by atoms with van der Waals surface area (Å²) in [6, 6.07) is 12.8.